The lowest BCUT2D eigenvalue weighted by molar-refractivity contribution is 0.240. The van der Waals surface area contributed by atoms with Crippen LogP contribution in [0.4, 0.5) is 8.78 Å². The number of aromatic nitrogens is 2. The van der Waals surface area contributed by atoms with Gasteiger partial charge in [-0.15, -0.1) is 0 Å². The highest BCUT2D eigenvalue weighted by Gasteiger charge is 2.27. The summed E-state index contributed by atoms with van der Waals surface area (Å²) in [4.78, 5) is 17.5. The second-order valence-corrected chi connectivity index (χ2v) is 7.67. The first-order valence-corrected chi connectivity index (χ1v) is 8.84. The average Bonchev–Trinajstić information content (AvgIpc) is 2.63. The van der Waals surface area contributed by atoms with Gasteiger partial charge >= 0.3 is 0 Å². The molecule has 4 rings (SSSR count). The topological polar surface area (TPSA) is 34.9 Å². The third kappa shape index (κ3) is 3.23. The Morgan fingerprint density at radius 2 is 1.96 bits per heavy atom. The summed E-state index contributed by atoms with van der Waals surface area (Å²) in [6, 6.07) is 9.02. The van der Waals surface area contributed by atoms with E-state index in [4.69, 9.17) is 0 Å². The first kappa shape index (κ1) is 17.4. The summed E-state index contributed by atoms with van der Waals surface area (Å²) in [5.74, 6) is 4.37. The molecule has 1 aliphatic rings. The summed E-state index contributed by atoms with van der Waals surface area (Å²) in [7, 11) is 0. The minimum Gasteiger partial charge on any atom is -0.296 e. The zero-order valence-corrected chi connectivity index (χ0v) is 15.1. The van der Waals surface area contributed by atoms with Crippen LogP contribution in [0.3, 0.4) is 0 Å². The third-order valence-electron chi connectivity index (χ3n) is 4.94. The average molecular weight is 364 g/mol. The van der Waals surface area contributed by atoms with Gasteiger partial charge in [-0.2, -0.15) is 0 Å². The van der Waals surface area contributed by atoms with E-state index in [-0.39, 0.29) is 16.5 Å². The maximum Gasteiger partial charge on any atom is 0.261 e. The summed E-state index contributed by atoms with van der Waals surface area (Å²) < 4.78 is 28.8. The Kier molecular flexibility index (Phi) is 4.07. The van der Waals surface area contributed by atoms with Crippen LogP contribution in [0.15, 0.2) is 41.2 Å². The van der Waals surface area contributed by atoms with Crippen LogP contribution in [-0.4, -0.2) is 9.55 Å². The second-order valence-electron chi connectivity index (χ2n) is 7.67. The SMILES string of the molecule is CC1(C)CCc2nc3cc(C#Cc4cccc(F)c4F)ccc3c(=O)n2C1. The standard InChI is InChI=1S/C22H18F2N2O/c1-22(2)11-10-19-25-18-12-14(7-9-16(18)21(27)26(19)13-22)6-8-15-4-3-5-17(23)20(15)24/h3-5,7,9,12H,10-11,13H2,1-2H3. The number of hydrogen-bond donors (Lipinski definition) is 0. The van der Waals surface area contributed by atoms with E-state index < -0.39 is 11.6 Å². The lowest BCUT2D eigenvalue weighted by Crippen LogP contribution is -2.36. The molecule has 1 aromatic heterocycles. The van der Waals surface area contributed by atoms with E-state index >= 15 is 0 Å². The zero-order chi connectivity index (χ0) is 19.2. The minimum absolute atomic E-state index is 0.00389. The Morgan fingerprint density at radius 1 is 1.15 bits per heavy atom. The molecule has 0 saturated heterocycles. The number of hydrogen-bond acceptors (Lipinski definition) is 2. The normalized spacial score (nSPS) is 15.1. The molecule has 136 valence electrons. The number of aryl methyl sites for hydroxylation is 1. The summed E-state index contributed by atoms with van der Waals surface area (Å²) in [5, 5.41) is 0.541. The van der Waals surface area contributed by atoms with Crippen LogP contribution in [0, 0.1) is 28.9 Å². The molecule has 0 aliphatic carbocycles. The number of halogens is 2. The van der Waals surface area contributed by atoms with E-state index in [1.165, 1.54) is 12.1 Å². The molecular formula is C22H18F2N2O. The van der Waals surface area contributed by atoms with Gasteiger partial charge in [-0.1, -0.05) is 31.8 Å². The zero-order valence-electron chi connectivity index (χ0n) is 15.1. The highest BCUT2D eigenvalue weighted by atomic mass is 19.2. The molecule has 27 heavy (non-hydrogen) atoms. The lowest BCUT2D eigenvalue weighted by Gasteiger charge is -2.31. The van der Waals surface area contributed by atoms with Gasteiger partial charge in [0.15, 0.2) is 11.6 Å². The molecule has 0 bridgehead atoms. The van der Waals surface area contributed by atoms with Gasteiger partial charge in [-0.25, -0.2) is 13.8 Å². The largest absolute Gasteiger partial charge is 0.296 e. The first-order valence-electron chi connectivity index (χ1n) is 8.84. The van der Waals surface area contributed by atoms with Crippen molar-refractivity contribution in [2.75, 3.05) is 0 Å². The van der Waals surface area contributed by atoms with Gasteiger partial charge in [0.1, 0.15) is 5.82 Å². The smallest absolute Gasteiger partial charge is 0.261 e. The van der Waals surface area contributed by atoms with E-state index in [0.717, 1.165) is 24.7 Å². The molecule has 5 heteroatoms. The van der Waals surface area contributed by atoms with Crippen molar-refractivity contribution >= 4 is 10.9 Å². The molecule has 0 atom stereocenters. The molecule has 0 fully saturated rings. The highest BCUT2D eigenvalue weighted by Crippen LogP contribution is 2.29. The Balaban J connectivity index is 1.77. The lowest BCUT2D eigenvalue weighted by atomic mass is 9.85. The van der Waals surface area contributed by atoms with Crippen molar-refractivity contribution in [3.63, 3.8) is 0 Å². The highest BCUT2D eigenvalue weighted by molar-refractivity contribution is 5.79. The van der Waals surface area contributed by atoms with Gasteiger partial charge in [0.25, 0.3) is 5.56 Å². The summed E-state index contributed by atoms with van der Waals surface area (Å²) >= 11 is 0. The Morgan fingerprint density at radius 3 is 2.78 bits per heavy atom. The number of benzene rings is 2. The van der Waals surface area contributed by atoms with Gasteiger partial charge in [-0.05, 0) is 42.2 Å². The molecular weight excluding hydrogens is 346 g/mol. The van der Waals surface area contributed by atoms with Crippen LogP contribution < -0.4 is 5.56 Å². The molecule has 3 aromatic rings. The first-order chi connectivity index (χ1) is 12.8. The predicted molar refractivity (Wildman–Crippen MR) is 100 cm³/mol. The maximum absolute atomic E-state index is 13.7. The van der Waals surface area contributed by atoms with E-state index in [1.807, 2.05) is 0 Å². The number of fused-ring (bicyclic) bond motifs is 2. The van der Waals surface area contributed by atoms with Gasteiger partial charge in [0, 0.05) is 18.5 Å². The van der Waals surface area contributed by atoms with Crippen LogP contribution in [0.1, 0.15) is 37.2 Å². The Hall–Kier alpha value is -3.00. The van der Waals surface area contributed by atoms with E-state index in [1.54, 1.807) is 22.8 Å². The molecule has 0 radical (unpaired) electrons. The molecule has 2 aromatic carbocycles. The molecule has 0 N–H and O–H groups in total. The molecule has 2 heterocycles. The van der Waals surface area contributed by atoms with Gasteiger partial charge in [0.05, 0.1) is 16.5 Å². The second kappa shape index (κ2) is 6.31. The van der Waals surface area contributed by atoms with Crippen molar-refractivity contribution < 1.29 is 8.78 Å². The Labute approximate surface area is 155 Å². The quantitative estimate of drug-likeness (QED) is 0.564. The summed E-state index contributed by atoms with van der Waals surface area (Å²) in [5.41, 5.74) is 1.21. The predicted octanol–water partition coefficient (Wildman–Crippen LogP) is 4.05. The molecule has 0 spiro atoms. The van der Waals surface area contributed by atoms with Crippen molar-refractivity contribution in [3.05, 3.63) is 75.3 Å². The number of rotatable bonds is 0. The molecule has 1 aliphatic heterocycles. The third-order valence-corrected chi connectivity index (χ3v) is 4.94. The fraction of sp³-hybridized carbons (Fsp3) is 0.273. The monoisotopic (exact) mass is 364 g/mol. The van der Waals surface area contributed by atoms with Crippen LogP contribution in [0.2, 0.25) is 0 Å². The van der Waals surface area contributed by atoms with E-state index in [2.05, 4.69) is 30.7 Å². The van der Waals surface area contributed by atoms with Crippen molar-refractivity contribution in [1.82, 2.24) is 9.55 Å². The van der Waals surface area contributed by atoms with E-state index in [0.29, 0.717) is 23.0 Å². The summed E-state index contributed by atoms with van der Waals surface area (Å²) in [6.07, 6.45) is 1.73. The van der Waals surface area contributed by atoms with Gasteiger partial charge in [-0.3, -0.25) is 9.36 Å². The van der Waals surface area contributed by atoms with Crippen molar-refractivity contribution in [1.29, 1.82) is 0 Å². The van der Waals surface area contributed by atoms with Crippen molar-refractivity contribution in [3.8, 4) is 11.8 Å². The fourth-order valence-corrected chi connectivity index (χ4v) is 3.40. The molecule has 0 saturated carbocycles. The molecule has 0 amide bonds. The maximum atomic E-state index is 13.7. The summed E-state index contributed by atoms with van der Waals surface area (Å²) in [6.45, 7) is 4.96. The van der Waals surface area contributed by atoms with Crippen molar-refractivity contribution in [2.24, 2.45) is 5.41 Å². The fourth-order valence-electron chi connectivity index (χ4n) is 3.40. The van der Waals surface area contributed by atoms with Crippen LogP contribution in [0.5, 0.6) is 0 Å². The molecule has 0 unspecified atom stereocenters. The van der Waals surface area contributed by atoms with Gasteiger partial charge < -0.3 is 0 Å². The Bertz CT molecular complexity index is 1180. The van der Waals surface area contributed by atoms with E-state index in [9.17, 15) is 13.6 Å². The number of nitrogens with zero attached hydrogens (tertiary/aromatic N) is 2. The van der Waals surface area contributed by atoms with Gasteiger partial charge in [0.2, 0.25) is 0 Å². The van der Waals surface area contributed by atoms with Crippen LogP contribution >= 0.6 is 0 Å². The molecule has 3 nitrogen and oxygen atoms in total. The van der Waals surface area contributed by atoms with Crippen LogP contribution in [0.25, 0.3) is 10.9 Å². The minimum atomic E-state index is -0.959. The van der Waals surface area contributed by atoms with Crippen molar-refractivity contribution in [2.45, 2.75) is 33.2 Å². The van der Waals surface area contributed by atoms with Crippen LogP contribution in [-0.2, 0) is 13.0 Å².